The molecule has 4 heteroatoms. The van der Waals surface area contributed by atoms with Gasteiger partial charge in [-0.1, -0.05) is 0 Å². The topological polar surface area (TPSA) is 45.2 Å². The SMILES string of the molecule is CN(C(=O)CC1CCCN1)c1cccnc1. The summed E-state index contributed by atoms with van der Waals surface area (Å²) in [5.41, 5.74) is 0.852. The fourth-order valence-corrected chi connectivity index (χ4v) is 1.97. The van der Waals surface area contributed by atoms with E-state index in [0.717, 1.165) is 18.7 Å². The molecule has 2 rings (SSSR count). The summed E-state index contributed by atoms with van der Waals surface area (Å²) in [4.78, 5) is 17.6. The average Bonchev–Trinajstić information content (AvgIpc) is 2.82. The van der Waals surface area contributed by atoms with Crippen molar-refractivity contribution in [1.29, 1.82) is 0 Å². The van der Waals surface area contributed by atoms with Gasteiger partial charge in [0, 0.05) is 25.7 Å². The minimum atomic E-state index is 0.146. The van der Waals surface area contributed by atoms with Crippen LogP contribution in [0.25, 0.3) is 0 Å². The maximum Gasteiger partial charge on any atom is 0.228 e. The molecule has 1 N–H and O–H groups in total. The number of pyridine rings is 1. The summed E-state index contributed by atoms with van der Waals surface area (Å²) < 4.78 is 0. The van der Waals surface area contributed by atoms with Crippen LogP contribution in [0.2, 0.25) is 0 Å². The molecule has 1 aliphatic rings. The molecule has 0 radical (unpaired) electrons. The molecular formula is C12H17N3O. The van der Waals surface area contributed by atoms with Crippen molar-refractivity contribution in [3.05, 3.63) is 24.5 Å². The standard InChI is InChI=1S/C12H17N3O/c1-15(11-5-3-6-13-9-11)12(16)8-10-4-2-7-14-10/h3,5-6,9-10,14H,2,4,7-8H2,1H3. The van der Waals surface area contributed by atoms with Crippen molar-refractivity contribution >= 4 is 11.6 Å². The summed E-state index contributed by atoms with van der Waals surface area (Å²) >= 11 is 0. The minimum Gasteiger partial charge on any atom is -0.314 e. The largest absolute Gasteiger partial charge is 0.314 e. The molecule has 0 bridgehead atoms. The van der Waals surface area contributed by atoms with E-state index in [-0.39, 0.29) is 5.91 Å². The highest BCUT2D eigenvalue weighted by molar-refractivity contribution is 5.92. The summed E-state index contributed by atoms with van der Waals surface area (Å²) in [7, 11) is 1.80. The maximum absolute atomic E-state index is 12.0. The fraction of sp³-hybridized carbons (Fsp3) is 0.500. The molecule has 1 atom stereocenters. The quantitative estimate of drug-likeness (QED) is 0.830. The van der Waals surface area contributed by atoms with Crippen LogP contribution in [0, 0.1) is 0 Å². The van der Waals surface area contributed by atoms with Crippen LogP contribution in [0.4, 0.5) is 5.69 Å². The van der Waals surface area contributed by atoms with E-state index < -0.39 is 0 Å². The molecule has 16 heavy (non-hydrogen) atoms. The second-order valence-corrected chi connectivity index (χ2v) is 4.16. The van der Waals surface area contributed by atoms with Crippen molar-refractivity contribution in [2.45, 2.75) is 25.3 Å². The Hall–Kier alpha value is -1.42. The van der Waals surface area contributed by atoms with Gasteiger partial charge in [0.2, 0.25) is 5.91 Å². The monoisotopic (exact) mass is 219 g/mol. The molecule has 1 aliphatic heterocycles. The van der Waals surface area contributed by atoms with E-state index in [9.17, 15) is 4.79 Å². The number of aromatic nitrogens is 1. The van der Waals surface area contributed by atoms with E-state index in [2.05, 4.69) is 10.3 Å². The first kappa shape index (κ1) is 11.1. The number of hydrogen-bond donors (Lipinski definition) is 1. The number of amides is 1. The van der Waals surface area contributed by atoms with E-state index in [1.165, 1.54) is 6.42 Å². The van der Waals surface area contributed by atoms with E-state index >= 15 is 0 Å². The number of carbonyl (C=O) groups is 1. The molecule has 1 aromatic rings. The van der Waals surface area contributed by atoms with Crippen LogP contribution >= 0.6 is 0 Å². The van der Waals surface area contributed by atoms with Crippen LogP contribution < -0.4 is 10.2 Å². The second-order valence-electron chi connectivity index (χ2n) is 4.16. The molecule has 4 nitrogen and oxygen atoms in total. The van der Waals surface area contributed by atoms with Crippen LogP contribution in [0.3, 0.4) is 0 Å². The molecule has 1 saturated heterocycles. The Kier molecular flexibility index (Phi) is 3.51. The van der Waals surface area contributed by atoms with Crippen LogP contribution in [0.15, 0.2) is 24.5 Å². The van der Waals surface area contributed by atoms with Crippen LogP contribution in [0.1, 0.15) is 19.3 Å². The van der Waals surface area contributed by atoms with Crippen LogP contribution in [-0.4, -0.2) is 30.5 Å². The first-order chi connectivity index (χ1) is 7.77. The minimum absolute atomic E-state index is 0.146. The zero-order valence-corrected chi connectivity index (χ0v) is 9.52. The molecule has 86 valence electrons. The molecule has 1 amide bonds. The highest BCUT2D eigenvalue weighted by Gasteiger charge is 2.20. The van der Waals surface area contributed by atoms with Gasteiger partial charge < -0.3 is 10.2 Å². The normalized spacial score (nSPS) is 19.7. The predicted octanol–water partition coefficient (Wildman–Crippen LogP) is 1.19. The molecule has 1 unspecified atom stereocenters. The van der Waals surface area contributed by atoms with E-state index in [1.807, 2.05) is 12.1 Å². The van der Waals surface area contributed by atoms with E-state index in [4.69, 9.17) is 0 Å². The van der Waals surface area contributed by atoms with Gasteiger partial charge in [0.1, 0.15) is 0 Å². The number of rotatable bonds is 3. The molecule has 0 aromatic carbocycles. The molecule has 0 spiro atoms. The van der Waals surface area contributed by atoms with E-state index in [0.29, 0.717) is 12.5 Å². The zero-order chi connectivity index (χ0) is 11.4. The molecular weight excluding hydrogens is 202 g/mol. The van der Waals surface area contributed by atoms with E-state index in [1.54, 1.807) is 24.3 Å². The lowest BCUT2D eigenvalue weighted by Gasteiger charge is -2.19. The van der Waals surface area contributed by atoms with Gasteiger partial charge in [-0.2, -0.15) is 0 Å². The lowest BCUT2D eigenvalue weighted by Crippen LogP contribution is -2.33. The summed E-state index contributed by atoms with van der Waals surface area (Å²) in [6.07, 6.45) is 6.27. The summed E-state index contributed by atoms with van der Waals surface area (Å²) in [6.45, 7) is 1.04. The number of nitrogens with zero attached hydrogens (tertiary/aromatic N) is 2. The Balaban J connectivity index is 1.94. The second kappa shape index (κ2) is 5.07. The third-order valence-corrected chi connectivity index (χ3v) is 2.99. The molecule has 2 heterocycles. The highest BCUT2D eigenvalue weighted by Crippen LogP contribution is 2.14. The number of nitrogens with one attached hydrogen (secondary N) is 1. The molecule has 1 fully saturated rings. The van der Waals surface area contributed by atoms with Crippen LogP contribution in [0.5, 0.6) is 0 Å². The molecule has 1 aromatic heterocycles. The first-order valence-corrected chi connectivity index (χ1v) is 5.67. The van der Waals surface area contributed by atoms with Gasteiger partial charge in [-0.15, -0.1) is 0 Å². The zero-order valence-electron chi connectivity index (χ0n) is 9.52. The van der Waals surface area contributed by atoms with Gasteiger partial charge in [-0.3, -0.25) is 9.78 Å². The summed E-state index contributed by atoms with van der Waals surface area (Å²) in [5.74, 6) is 0.146. The predicted molar refractivity (Wildman–Crippen MR) is 63.3 cm³/mol. The third kappa shape index (κ3) is 2.58. The Labute approximate surface area is 95.7 Å². The van der Waals surface area contributed by atoms with Gasteiger partial charge in [0.05, 0.1) is 11.9 Å². The average molecular weight is 219 g/mol. The van der Waals surface area contributed by atoms with Crippen molar-refractivity contribution in [2.75, 3.05) is 18.5 Å². The molecule has 0 aliphatic carbocycles. The number of anilines is 1. The first-order valence-electron chi connectivity index (χ1n) is 5.67. The van der Waals surface area contributed by atoms with Crippen molar-refractivity contribution < 1.29 is 4.79 Å². The maximum atomic E-state index is 12.0. The van der Waals surface area contributed by atoms with Gasteiger partial charge >= 0.3 is 0 Å². The van der Waals surface area contributed by atoms with Crippen LogP contribution in [-0.2, 0) is 4.79 Å². The third-order valence-electron chi connectivity index (χ3n) is 2.99. The lowest BCUT2D eigenvalue weighted by molar-refractivity contribution is -0.118. The van der Waals surface area contributed by atoms with Gasteiger partial charge in [0.25, 0.3) is 0 Å². The van der Waals surface area contributed by atoms with Crippen molar-refractivity contribution in [1.82, 2.24) is 10.3 Å². The van der Waals surface area contributed by atoms with Gasteiger partial charge in [-0.05, 0) is 31.5 Å². The van der Waals surface area contributed by atoms with Crippen molar-refractivity contribution in [2.24, 2.45) is 0 Å². The Morgan fingerprint density at radius 1 is 1.69 bits per heavy atom. The molecule has 0 saturated carbocycles. The van der Waals surface area contributed by atoms with Gasteiger partial charge in [0.15, 0.2) is 0 Å². The Bertz CT molecular complexity index is 347. The smallest absolute Gasteiger partial charge is 0.228 e. The number of hydrogen-bond acceptors (Lipinski definition) is 3. The number of carbonyl (C=O) groups excluding carboxylic acids is 1. The van der Waals surface area contributed by atoms with Crippen molar-refractivity contribution in [3.8, 4) is 0 Å². The summed E-state index contributed by atoms with van der Waals surface area (Å²) in [6, 6.07) is 4.09. The van der Waals surface area contributed by atoms with Gasteiger partial charge in [-0.25, -0.2) is 0 Å². The fourth-order valence-electron chi connectivity index (χ4n) is 1.97. The highest BCUT2D eigenvalue weighted by atomic mass is 16.2. The van der Waals surface area contributed by atoms with Crippen molar-refractivity contribution in [3.63, 3.8) is 0 Å². The Morgan fingerprint density at radius 2 is 2.56 bits per heavy atom. The Morgan fingerprint density at radius 3 is 3.19 bits per heavy atom. The summed E-state index contributed by atoms with van der Waals surface area (Å²) in [5, 5.41) is 3.33. The lowest BCUT2D eigenvalue weighted by atomic mass is 10.1.